The van der Waals surface area contributed by atoms with Gasteiger partial charge in [-0.05, 0) is 38.2 Å². The van der Waals surface area contributed by atoms with Gasteiger partial charge in [0.05, 0.1) is 0 Å². The molecule has 0 aromatic heterocycles. The molecule has 0 spiro atoms. The van der Waals surface area contributed by atoms with Gasteiger partial charge in [-0.3, -0.25) is 4.79 Å². The van der Waals surface area contributed by atoms with Crippen LogP contribution in [0, 0.1) is 5.92 Å². The number of aromatic hydroxyl groups is 2. The van der Waals surface area contributed by atoms with E-state index < -0.39 is 0 Å². The average Bonchev–Trinajstić information content (AvgIpc) is 2.33. The molecular weight excluding hydrogens is 244 g/mol. The van der Waals surface area contributed by atoms with Crippen LogP contribution in [-0.4, -0.2) is 48.2 Å². The number of likely N-dealkylation sites (N-methyl/N-ethyl adjacent to an activating group) is 1. The molecule has 0 bridgehead atoms. The number of hydrogen-bond acceptors (Lipinski definition) is 4. The van der Waals surface area contributed by atoms with Crippen LogP contribution in [-0.2, 0) is 11.2 Å². The molecule has 0 saturated carbocycles. The Kier molecular flexibility index (Phi) is 5.63. The van der Waals surface area contributed by atoms with E-state index in [0.29, 0.717) is 13.0 Å². The lowest BCUT2D eigenvalue weighted by atomic mass is 10.00. The van der Waals surface area contributed by atoms with Crippen molar-refractivity contribution in [2.24, 2.45) is 5.92 Å². The fourth-order valence-corrected chi connectivity index (χ4v) is 1.72. The largest absolute Gasteiger partial charge is 0.504 e. The Morgan fingerprint density at radius 1 is 1.32 bits per heavy atom. The molecule has 3 N–H and O–H groups in total. The van der Waals surface area contributed by atoms with Crippen LogP contribution in [0.2, 0.25) is 0 Å². The van der Waals surface area contributed by atoms with Gasteiger partial charge in [0.25, 0.3) is 0 Å². The van der Waals surface area contributed by atoms with Gasteiger partial charge >= 0.3 is 0 Å². The normalized spacial score (nSPS) is 12.4. The van der Waals surface area contributed by atoms with E-state index in [2.05, 4.69) is 5.32 Å². The number of benzene rings is 1. The molecule has 0 heterocycles. The molecule has 0 aliphatic carbocycles. The van der Waals surface area contributed by atoms with E-state index in [-0.39, 0.29) is 23.3 Å². The molecule has 1 aromatic rings. The van der Waals surface area contributed by atoms with E-state index in [1.54, 1.807) is 6.07 Å². The lowest BCUT2D eigenvalue weighted by molar-refractivity contribution is -0.124. The van der Waals surface area contributed by atoms with Crippen LogP contribution in [0.25, 0.3) is 0 Å². The highest BCUT2D eigenvalue weighted by molar-refractivity contribution is 5.78. The highest BCUT2D eigenvalue weighted by Crippen LogP contribution is 2.25. The van der Waals surface area contributed by atoms with Crippen molar-refractivity contribution >= 4 is 5.91 Å². The number of nitrogens with zero attached hydrogens (tertiary/aromatic N) is 1. The number of rotatable bonds is 6. The van der Waals surface area contributed by atoms with Gasteiger partial charge in [0.2, 0.25) is 5.91 Å². The van der Waals surface area contributed by atoms with Gasteiger partial charge in [-0.2, -0.15) is 0 Å². The Bertz CT molecular complexity index is 433. The second-order valence-electron chi connectivity index (χ2n) is 5.02. The molecule has 0 saturated heterocycles. The predicted molar refractivity (Wildman–Crippen MR) is 74.2 cm³/mol. The van der Waals surface area contributed by atoms with Crippen LogP contribution in [0.1, 0.15) is 12.5 Å². The third kappa shape index (κ3) is 5.18. The third-order valence-electron chi connectivity index (χ3n) is 2.89. The number of amides is 1. The van der Waals surface area contributed by atoms with E-state index in [9.17, 15) is 15.0 Å². The van der Waals surface area contributed by atoms with Crippen LogP contribution >= 0.6 is 0 Å². The average molecular weight is 266 g/mol. The van der Waals surface area contributed by atoms with Crippen molar-refractivity contribution in [3.05, 3.63) is 23.8 Å². The van der Waals surface area contributed by atoms with Crippen LogP contribution in [0.3, 0.4) is 0 Å². The van der Waals surface area contributed by atoms with E-state index in [1.807, 2.05) is 25.9 Å². The number of nitrogens with one attached hydrogen (secondary N) is 1. The van der Waals surface area contributed by atoms with Crippen LogP contribution < -0.4 is 5.32 Å². The first kappa shape index (κ1) is 15.3. The number of phenolic OH excluding ortho intramolecular Hbond substituents is 2. The smallest absolute Gasteiger partial charge is 0.223 e. The van der Waals surface area contributed by atoms with Gasteiger partial charge in [-0.25, -0.2) is 0 Å². The van der Waals surface area contributed by atoms with Crippen molar-refractivity contribution in [2.45, 2.75) is 13.3 Å². The molecule has 19 heavy (non-hydrogen) atoms. The van der Waals surface area contributed by atoms with Crippen molar-refractivity contribution in [3.63, 3.8) is 0 Å². The zero-order chi connectivity index (χ0) is 14.4. The monoisotopic (exact) mass is 266 g/mol. The van der Waals surface area contributed by atoms with E-state index in [4.69, 9.17) is 0 Å². The summed E-state index contributed by atoms with van der Waals surface area (Å²) < 4.78 is 0. The number of hydrogen-bond donors (Lipinski definition) is 3. The molecule has 0 fully saturated rings. The summed E-state index contributed by atoms with van der Waals surface area (Å²) in [6, 6.07) is 4.62. The summed E-state index contributed by atoms with van der Waals surface area (Å²) in [6.07, 6.45) is 0.529. The van der Waals surface area contributed by atoms with Gasteiger partial charge < -0.3 is 20.4 Å². The first-order chi connectivity index (χ1) is 8.90. The zero-order valence-corrected chi connectivity index (χ0v) is 11.7. The van der Waals surface area contributed by atoms with Gasteiger partial charge in [-0.15, -0.1) is 0 Å². The van der Waals surface area contributed by atoms with Crippen LogP contribution in [0.15, 0.2) is 18.2 Å². The minimum atomic E-state index is -0.175. The standard InChI is InChI=1S/C14H22N2O3/c1-10(14(19)15-6-7-16(2)3)8-11-4-5-12(17)13(18)9-11/h4-5,9-10,17-18H,6-8H2,1-3H3,(H,15,19). The molecule has 1 aromatic carbocycles. The maximum atomic E-state index is 11.8. The molecule has 5 heteroatoms. The highest BCUT2D eigenvalue weighted by atomic mass is 16.3. The maximum absolute atomic E-state index is 11.8. The van der Waals surface area contributed by atoms with Crippen LogP contribution in [0.4, 0.5) is 0 Å². The van der Waals surface area contributed by atoms with Crippen LogP contribution in [0.5, 0.6) is 11.5 Å². The van der Waals surface area contributed by atoms with Crippen molar-refractivity contribution in [1.82, 2.24) is 10.2 Å². The zero-order valence-electron chi connectivity index (χ0n) is 11.7. The van der Waals surface area contributed by atoms with Crippen molar-refractivity contribution in [2.75, 3.05) is 27.2 Å². The molecule has 0 aliphatic heterocycles. The highest BCUT2D eigenvalue weighted by Gasteiger charge is 2.13. The van der Waals surface area contributed by atoms with Gasteiger partial charge in [0.15, 0.2) is 11.5 Å². The Hall–Kier alpha value is -1.75. The van der Waals surface area contributed by atoms with Gasteiger partial charge in [0.1, 0.15) is 0 Å². The van der Waals surface area contributed by atoms with Gasteiger partial charge in [0, 0.05) is 19.0 Å². The third-order valence-corrected chi connectivity index (χ3v) is 2.89. The van der Waals surface area contributed by atoms with Crippen molar-refractivity contribution in [3.8, 4) is 11.5 Å². The summed E-state index contributed by atoms with van der Waals surface area (Å²) >= 11 is 0. The summed E-state index contributed by atoms with van der Waals surface area (Å²) in [5.74, 6) is -0.481. The quantitative estimate of drug-likeness (QED) is 0.670. The maximum Gasteiger partial charge on any atom is 0.223 e. The molecular formula is C14H22N2O3. The molecule has 0 aliphatic rings. The predicted octanol–water partition coefficient (Wildman–Crippen LogP) is 0.954. The summed E-state index contributed by atoms with van der Waals surface area (Å²) in [6.45, 7) is 3.27. The molecule has 1 amide bonds. The Morgan fingerprint density at radius 2 is 2.00 bits per heavy atom. The topological polar surface area (TPSA) is 72.8 Å². The first-order valence-corrected chi connectivity index (χ1v) is 6.33. The van der Waals surface area contributed by atoms with Crippen molar-refractivity contribution in [1.29, 1.82) is 0 Å². The minimum Gasteiger partial charge on any atom is -0.504 e. The Balaban J connectivity index is 2.47. The molecule has 1 rings (SSSR count). The van der Waals surface area contributed by atoms with Gasteiger partial charge in [-0.1, -0.05) is 13.0 Å². The van der Waals surface area contributed by atoms with E-state index in [0.717, 1.165) is 12.1 Å². The second kappa shape index (κ2) is 6.99. The molecule has 0 radical (unpaired) electrons. The molecule has 1 atom stereocenters. The molecule has 5 nitrogen and oxygen atoms in total. The first-order valence-electron chi connectivity index (χ1n) is 6.33. The number of carbonyl (C=O) groups is 1. The fourth-order valence-electron chi connectivity index (χ4n) is 1.72. The number of carbonyl (C=O) groups excluding carboxylic acids is 1. The van der Waals surface area contributed by atoms with Crippen molar-refractivity contribution < 1.29 is 15.0 Å². The van der Waals surface area contributed by atoms with E-state index >= 15 is 0 Å². The SMILES string of the molecule is CC(Cc1ccc(O)c(O)c1)C(=O)NCCN(C)C. The summed E-state index contributed by atoms with van der Waals surface area (Å²) in [5.41, 5.74) is 0.825. The minimum absolute atomic E-state index is 0.00517. The Morgan fingerprint density at radius 3 is 2.58 bits per heavy atom. The summed E-state index contributed by atoms with van der Waals surface area (Å²) in [5, 5.41) is 21.5. The fraction of sp³-hybridized carbons (Fsp3) is 0.500. The summed E-state index contributed by atoms with van der Waals surface area (Å²) in [7, 11) is 3.91. The lowest BCUT2D eigenvalue weighted by Gasteiger charge is -2.14. The number of phenols is 2. The van der Waals surface area contributed by atoms with E-state index in [1.165, 1.54) is 12.1 Å². The Labute approximate surface area is 113 Å². The second-order valence-corrected chi connectivity index (χ2v) is 5.02. The molecule has 1 unspecified atom stereocenters. The summed E-state index contributed by atoms with van der Waals surface area (Å²) in [4.78, 5) is 13.8. The lowest BCUT2D eigenvalue weighted by Crippen LogP contribution is -2.35. The molecule has 106 valence electrons.